The van der Waals surface area contributed by atoms with Gasteiger partial charge >= 0.3 is 0 Å². The van der Waals surface area contributed by atoms with Crippen LogP contribution in [0.2, 0.25) is 0 Å². The van der Waals surface area contributed by atoms with Gasteiger partial charge in [-0.1, -0.05) is 0 Å². The second-order valence-corrected chi connectivity index (χ2v) is 3.04. The van der Waals surface area contributed by atoms with E-state index >= 15 is 0 Å². The van der Waals surface area contributed by atoms with Crippen LogP contribution in [-0.2, 0) is 4.79 Å². The second kappa shape index (κ2) is 4.01. The average molecular weight is 243 g/mol. The lowest BCUT2D eigenvalue weighted by Crippen LogP contribution is -1.96. The van der Waals surface area contributed by atoms with E-state index in [1.807, 2.05) is 0 Å². The summed E-state index contributed by atoms with van der Waals surface area (Å²) >= 11 is 3.08. The first kappa shape index (κ1) is 9.68. The lowest BCUT2D eigenvalue weighted by Gasteiger charge is -2.02. The third-order valence-electron chi connectivity index (χ3n) is 1.39. The number of amides is 1. The highest BCUT2D eigenvalue weighted by Crippen LogP contribution is 2.25. The first-order valence-corrected chi connectivity index (χ1v) is 4.07. The van der Waals surface area contributed by atoms with E-state index in [1.165, 1.54) is 6.07 Å². The zero-order chi connectivity index (χ0) is 9.84. The molecule has 0 aliphatic carbocycles. The SMILES string of the molecule is N#Cc1cc(Br)c(NC=O)cc1F. The van der Waals surface area contributed by atoms with E-state index in [1.54, 1.807) is 6.07 Å². The van der Waals surface area contributed by atoms with Gasteiger partial charge in [-0.2, -0.15) is 5.26 Å². The van der Waals surface area contributed by atoms with Gasteiger partial charge < -0.3 is 5.32 Å². The Labute approximate surface area is 82.3 Å². The van der Waals surface area contributed by atoms with Crippen LogP contribution in [0.5, 0.6) is 0 Å². The van der Waals surface area contributed by atoms with Gasteiger partial charge in [-0.05, 0) is 28.1 Å². The van der Waals surface area contributed by atoms with Crippen molar-refractivity contribution in [1.29, 1.82) is 5.26 Å². The highest BCUT2D eigenvalue weighted by atomic mass is 79.9. The molecule has 66 valence electrons. The normalized spacial score (nSPS) is 9.00. The summed E-state index contributed by atoms with van der Waals surface area (Å²) in [5, 5.41) is 10.8. The van der Waals surface area contributed by atoms with Gasteiger partial charge in [0.25, 0.3) is 0 Å². The summed E-state index contributed by atoms with van der Waals surface area (Å²) < 4.78 is 13.4. The largest absolute Gasteiger partial charge is 0.328 e. The van der Waals surface area contributed by atoms with Crippen LogP contribution in [0.15, 0.2) is 16.6 Å². The number of hydrogen-bond acceptors (Lipinski definition) is 2. The number of nitrogens with zero attached hydrogens (tertiary/aromatic N) is 1. The van der Waals surface area contributed by atoms with Crippen molar-refractivity contribution in [3.05, 3.63) is 28.0 Å². The van der Waals surface area contributed by atoms with Gasteiger partial charge in [-0.3, -0.25) is 4.79 Å². The van der Waals surface area contributed by atoms with Crippen molar-refractivity contribution in [3.63, 3.8) is 0 Å². The molecule has 0 radical (unpaired) electrons. The topological polar surface area (TPSA) is 52.9 Å². The number of hydrogen-bond donors (Lipinski definition) is 1. The molecule has 0 aromatic heterocycles. The van der Waals surface area contributed by atoms with Crippen molar-refractivity contribution in [1.82, 2.24) is 0 Å². The standard InChI is InChI=1S/C8H4BrFN2O/c9-6-1-5(3-11)7(10)2-8(6)12-4-13/h1-2,4H,(H,12,13). The summed E-state index contributed by atoms with van der Waals surface area (Å²) in [7, 11) is 0. The van der Waals surface area contributed by atoms with Crippen LogP contribution >= 0.6 is 15.9 Å². The molecule has 0 unspecified atom stereocenters. The summed E-state index contributed by atoms with van der Waals surface area (Å²) in [5.74, 6) is -0.657. The Kier molecular flexibility index (Phi) is 2.98. The van der Waals surface area contributed by atoms with Crippen molar-refractivity contribution in [2.24, 2.45) is 0 Å². The van der Waals surface area contributed by atoms with E-state index in [-0.39, 0.29) is 5.56 Å². The second-order valence-electron chi connectivity index (χ2n) is 2.19. The Morgan fingerprint density at radius 3 is 2.85 bits per heavy atom. The summed E-state index contributed by atoms with van der Waals surface area (Å²) in [4.78, 5) is 10.1. The molecule has 0 aliphatic rings. The summed E-state index contributed by atoms with van der Waals surface area (Å²) in [5.41, 5.74) is 0.231. The van der Waals surface area contributed by atoms with Gasteiger partial charge in [0.15, 0.2) is 0 Å². The zero-order valence-electron chi connectivity index (χ0n) is 6.34. The lowest BCUT2D eigenvalue weighted by molar-refractivity contribution is -0.105. The van der Waals surface area contributed by atoms with E-state index in [0.717, 1.165) is 6.07 Å². The maximum Gasteiger partial charge on any atom is 0.211 e. The molecule has 1 aromatic rings. The molecule has 0 fully saturated rings. The van der Waals surface area contributed by atoms with Gasteiger partial charge in [0.2, 0.25) is 6.41 Å². The zero-order valence-corrected chi connectivity index (χ0v) is 7.93. The first-order valence-electron chi connectivity index (χ1n) is 3.28. The molecule has 0 aliphatic heterocycles. The molecule has 3 nitrogen and oxygen atoms in total. The number of carbonyl (C=O) groups is 1. The molecule has 0 bridgehead atoms. The minimum atomic E-state index is -0.657. The maximum atomic E-state index is 13.0. The molecular weight excluding hydrogens is 239 g/mol. The number of nitrogens with one attached hydrogen (secondary N) is 1. The summed E-state index contributed by atoms with van der Waals surface area (Å²) in [6.45, 7) is 0. The Bertz CT molecular complexity index is 386. The smallest absolute Gasteiger partial charge is 0.211 e. The number of anilines is 1. The van der Waals surface area contributed by atoms with Crippen LogP contribution in [0.1, 0.15) is 5.56 Å². The third-order valence-corrected chi connectivity index (χ3v) is 2.05. The Morgan fingerprint density at radius 2 is 2.31 bits per heavy atom. The molecule has 0 saturated heterocycles. The maximum absolute atomic E-state index is 13.0. The van der Waals surface area contributed by atoms with Crippen LogP contribution in [0.25, 0.3) is 0 Å². The van der Waals surface area contributed by atoms with Gasteiger partial charge in [0.1, 0.15) is 11.9 Å². The Morgan fingerprint density at radius 1 is 1.62 bits per heavy atom. The summed E-state index contributed by atoms with van der Waals surface area (Å²) in [6, 6.07) is 4.07. The highest BCUT2D eigenvalue weighted by Gasteiger charge is 2.06. The number of benzene rings is 1. The summed E-state index contributed by atoms with van der Waals surface area (Å²) in [6.07, 6.45) is 0.436. The highest BCUT2D eigenvalue weighted by molar-refractivity contribution is 9.10. The monoisotopic (exact) mass is 242 g/mol. The van der Waals surface area contributed by atoms with Crippen LogP contribution in [0.4, 0.5) is 10.1 Å². The van der Waals surface area contributed by atoms with Gasteiger partial charge in [-0.15, -0.1) is 0 Å². The lowest BCUT2D eigenvalue weighted by atomic mass is 10.2. The number of nitriles is 1. The van der Waals surface area contributed by atoms with Crippen molar-refractivity contribution in [2.75, 3.05) is 5.32 Å². The fraction of sp³-hybridized carbons (Fsp3) is 0. The number of carbonyl (C=O) groups excluding carboxylic acids is 1. The minimum Gasteiger partial charge on any atom is -0.328 e. The molecule has 13 heavy (non-hydrogen) atoms. The molecule has 0 heterocycles. The van der Waals surface area contributed by atoms with E-state index in [0.29, 0.717) is 16.6 Å². The number of halogens is 2. The van der Waals surface area contributed by atoms with E-state index in [4.69, 9.17) is 5.26 Å². The van der Waals surface area contributed by atoms with Gasteiger partial charge in [0.05, 0.1) is 11.3 Å². The number of rotatable bonds is 2. The molecule has 1 amide bonds. The van der Waals surface area contributed by atoms with Gasteiger partial charge in [-0.25, -0.2) is 4.39 Å². The predicted octanol–water partition coefficient (Wildman–Crippen LogP) is 2.03. The van der Waals surface area contributed by atoms with Crippen molar-refractivity contribution < 1.29 is 9.18 Å². The Balaban J connectivity index is 3.21. The van der Waals surface area contributed by atoms with Crippen LogP contribution < -0.4 is 5.32 Å². The molecule has 0 saturated carbocycles. The molecular formula is C8H4BrFN2O. The van der Waals surface area contributed by atoms with Crippen molar-refractivity contribution in [2.45, 2.75) is 0 Å². The molecule has 0 atom stereocenters. The van der Waals surface area contributed by atoms with Gasteiger partial charge in [0, 0.05) is 4.47 Å². The minimum absolute atomic E-state index is 0.0664. The fourth-order valence-electron chi connectivity index (χ4n) is 0.807. The third kappa shape index (κ3) is 2.04. The van der Waals surface area contributed by atoms with Crippen molar-refractivity contribution in [3.8, 4) is 6.07 Å². The Hall–Kier alpha value is -1.41. The van der Waals surface area contributed by atoms with Crippen LogP contribution in [-0.4, -0.2) is 6.41 Å². The fourth-order valence-corrected chi connectivity index (χ4v) is 1.26. The first-order chi connectivity index (χ1) is 6.19. The van der Waals surface area contributed by atoms with Crippen molar-refractivity contribution >= 4 is 28.0 Å². The van der Waals surface area contributed by atoms with Crippen LogP contribution in [0.3, 0.4) is 0 Å². The molecule has 5 heteroatoms. The predicted molar refractivity (Wildman–Crippen MR) is 48.5 cm³/mol. The molecule has 1 rings (SSSR count). The average Bonchev–Trinajstić information content (AvgIpc) is 2.11. The molecule has 1 N–H and O–H groups in total. The van der Waals surface area contributed by atoms with E-state index < -0.39 is 5.82 Å². The quantitative estimate of drug-likeness (QED) is 0.808. The van der Waals surface area contributed by atoms with E-state index in [2.05, 4.69) is 21.2 Å². The van der Waals surface area contributed by atoms with Crippen LogP contribution in [0, 0.1) is 17.1 Å². The van der Waals surface area contributed by atoms with E-state index in [9.17, 15) is 9.18 Å². The molecule has 0 spiro atoms. The molecule has 1 aromatic carbocycles.